The van der Waals surface area contributed by atoms with E-state index in [1.807, 2.05) is 49.4 Å². The van der Waals surface area contributed by atoms with Crippen molar-refractivity contribution >= 4 is 23.2 Å². The number of hydrogen-bond donors (Lipinski definition) is 2. The molecule has 1 heterocycles. The van der Waals surface area contributed by atoms with Crippen LogP contribution in [0.1, 0.15) is 59.7 Å². The quantitative estimate of drug-likeness (QED) is 0.300. The molecule has 4 aromatic rings. The molecule has 3 aromatic carbocycles. The molecule has 1 aromatic heterocycles. The summed E-state index contributed by atoms with van der Waals surface area (Å²) in [7, 11) is 0. The van der Waals surface area contributed by atoms with Crippen molar-refractivity contribution in [3.63, 3.8) is 0 Å². The zero-order valence-electron chi connectivity index (χ0n) is 21.6. The van der Waals surface area contributed by atoms with Crippen LogP contribution in [0.5, 0.6) is 5.75 Å². The molecular weight excluding hydrogens is 464 g/mol. The van der Waals surface area contributed by atoms with E-state index in [0.29, 0.717) is 30.1 Å². The molecule has 7 heteroatoms. The first-order chi connectivity index (χ1) is 17.7. The largest absolute Gasteiger partial charge is 0.489 e. The lowest BCUT2D eigenvalue weighted by molar-refractivity contribution is 0.102. The van der Waals surface area contributed by atoms with Crippen LogP contribution in [0.4, 0.5) is 11.4 Å². The summed E-state index contributed by atoms with van der Waals surface area (Å²) in [6, 6.07) is 24.4. The van der Waals surface area contributed by atoms with Gasteiger partial charge in [-0.15, -0.1) is 0 Å². The van der Waals surface area contributed by atoms with Crippen molar-refractivity contribution in [2.75, 3.05) is 10.6 Å². The predicted octanol–water partition coefficient (Wildman–Crippen LogP) is 6.28. The van der Waals surface area contributed by atoms with Crippen molar-refractivity contribution in [3.8, 4) is 5.75 Å². The first-order valence-electron chi connectivity index (χ1n) is 12.3. The molecule has 190 valence electrons. The number of para-hydroxylation sites is 1. The van der Waals surface area contributed by atoms with Crippen LogP contribution in [0.3, 0.4) is 0 Å². The molecule has 0 atom stereocenters. The van der Waals surface area contributed by atoms with Crippen molar-refractivity contribution in [3.05, 3.63) is 107 Å². The molecule has 0 fully saturated rings. The monoisotopic (exact) mass is 496 g/mol. The summed E-state index contributed by atoms with van der Waals surface area (Å²) in [4.78, 5) is 26.0. The average molecular weight is 497 g/mol. The van der Waals surface area contributed by atoms with Gasteiger partial charge in [0.05, 0.1) is 5.69 Å². The van der Waals surface area contributed by atoms with Crippen molar-refractivity contribution in [1.29, 1.82) is 0 Å². The fourth-order valence-corrected chi connectivity index (χ4v) is 3.77. The summed E-state index contributed by atoms with van der Waals surface area (Å²) in [5, 5.41) is 10.0. The van der Waals surface area contributed by atoms with Crippen LogP contribution in [0.15, 0.2) is 85.1 Å². The Morgan fingerprint density at radius 1 is 0.892 bits per heavy atom. The van der Waals surface area contributed by atoms with Crippen LogP contribution in [0.2, 0.25) is 0 Å². The topological polar surface area (TPSA) is 85.2 Å². The minimum atomic E-state index is -0.395. The molecule has 2 N–H and O–H groups in total. The standard InChI is InChI=1S/C30H32N4O3/c1-5-34-19-26(27(33-34)29(36)31-24-12-7-6-8-13-24)32-28(35)22-11-9-10-21(18-22)20-37-25-16-14-23(15-17-25)30(2,3)4/h6-19H,5,20H2,1-4H3,(H,31,36)(H,32,35). The highest BCUT2D eigenvalue weighted by Crippen LogP contribution is 2.25. The summed E-state index contributed by atoms with van der Waals surface area (Å²) >= 11 is 0. The van der Waals surface area contributed by atoms with E-state index < -0.39 is 5.91 Å². The number of aromatic nitrogens is 2. The maximum absolute atomic E-state index is 13.1. The van der Waals surface area contributed by atoms with Gasteiger partial charge in [0.15, 0.2) is 5.69 Å². The van der Waals surface area contributed by atoms with Crippen LogP contribution >= 0.6 is 0 Å². The van der Waals surface area contributed by atoms with Gasteiger partial charge in [-0.25, -0.2) is 0 Å². The summed E-state index contributed by atoms with van der Waals surface area (Å²) in [6.45, 7) is 9.32. The van der Waals surface area contributed by atoms with Crippen LogP contribution in [0, 0.1) is 0 Å². The van der Waals surface area contributed by atoms with Gasteiger partial charge in [-0.1, -0.05) is 63.2 Å². The van der Waals surface area contributed by atoms with Gasteiger partial charge in [-0.3, -0.25) is 14.3 Å². The highest BCUT2D eigenvalue weighted by atomic mass is 16.5. The van der Waals surface area contributed by atoms with E-state index in [1.54, 1.807) is 35.1 Å². The summed E-state index contributed by atoms with van der Waals surface area (Å²) in [5.41, 5.74) is 3.79. The number of hydrogen-bond acceptors (Lipinski definition) is 4. The first-order valence-corrected chi connectivity index (χ1v) is 12.3. The van der Waals surface area contributed by atoms with Gasteiger partial charge in [0, 0.05) is 24.0 Å². The second kappa shape index (κ2) is 11.1. The van der Waals surface area contributed by atoms with Gasteiger partial charge >= 0.3 is 0 Å². The molecule has 2 amide bonds. The fourth-order valence-electron chi connectivity index (χ4n) is 3.77. The van der Waals surface area contributed by atoms with Crippen LogP contribution in [0.25, 0.3) is 0 Å². The van der Waals surface area contributed by atoms with Gasteiger partial charge < -0.3 is 15.4 Å². The zero-order chi connectivity index (χ0) is 26.4. The number of carbonyl (C=O) groups is 2. The molecular formula is C30H32N4O3. The van der Waals surface area contributed by atoms with Crippen LogP contribution < -0.4 is 15.4 Å². The molecule has 0 spiro atoms. The SMILES string of the molecule is CCn1cc(NC(=O)c2cccc(COc3ccc(C(C)(C)C)cc3)c2)c(C(=O)Nc2ccccc2)n1. The van der Waals surface area contributed by atoms with Crippen LogP contribution in [-0.2, 0) is 18.6 Å². The third-order valence-corrected chi connectivity index (χ3v) is 5.90. The number of rotatable bonds is 8. The maximum Gasteiger partial charge on any atom is 0.278 e. The highest BCUT2D eigenvalue weighted by Gasteiger charge is 2.20. The molecule has 0 radical (unpaired) electrons. The average Bonchev–Trinajstić information content (AvgIpc) is 3.31. The third-order valence-electron chi connectivity index (χ3n) is 5.90. The second-order valence-electron chi connectivity index (χ2n) is 9.78. The van der Waals surface area contributed by atoms with E-state index in [2.05, 4.69) is 48.6 Å². The van der Waals surface area contributed by atoms with Gasteiger partial charge in [0.2, 0.25) is 0 Å². The van der Waals surface area contributed by atoms with Crippen molar-refractivity contribution in [2.45, 2.75) is 46.3 Å². The number of ether oxygens (including phenoxy) is 1. The molecule has 0 aliphatic heterocycles. The smallest absolute Gasteiger partial charge is 0.278 e. The van der Waals surface area contributed by atoms with E-state index in [9.17, 15) is 9.59 Å². The van der Waals surface area contributed by atoms with Gasteiger partial charge in [-0.2, -0.15) is 5.10 Å². The molecule has 4 rings (SSSR count). The second-order valence-corrected chi connectivity index (χ2v) is 9.78. The summed E-state index contributed by atoms with van der Waals surface area (Å²) in [5.74, 6) is 0.0398. The van der Waals surface area contributed by atoms with E-state index in [0.717, 1.165) is 11.3 Å². The molecule has 0 unspecified atom stereocenters. The lowest BCUT2D eigenvalue weighted by Crippen LogP contribution is -2.18. The van der Waals surface area contributed by atoms with Crippen LogP contribution in [-0.4, -0.2) is 21.6 Å². The Morgan fingerprint density at radius 2 is 1.62 bits per heavy atom. The van der Waals surface area contributed by atoms with E-state index in [1.165, 1.54) is 5.56 Å². The Morgan fingerprint density at radius 3 is 2.30 bits per heavy atom. The lowest BCUT2D eigenvalue weighted by atomic mass is 9.87. The lowest BCUT2D eigenvalue weighted by Gasteiger charge is -2.19. The maximum atomic E-state index is 13.1. The Hall–Kier alpha value is -4.39. The minimum Gasteiger partial charge on any atom is -0.489 e. The minimum absolute atomic E-state index is 0.0793. The first kappa shape index (κ1) is 25.7. The summed E-state index contributed by atoms with van der Waals surface area (Å²) in [6.07, 6.45) is 1.66. The number of carbonyl (C=O) groups excluding carboxylic acids is 2. The van der Waals surface area contributed by atoms with Crippen molar-refractivity contribution < 1.29 is 14.3 Å². The fraction of sp³-hybridized carbons (Fsp3) is 0.233. The Labute approximate surface area is 217 Å². The number of nitrogens with one attached hydrogen (secondary N) is 2. The Kier molecular flexibility index (Phi) is 7.72. The highest BCUT2D eigenvalue weighted by molar-refractivity contribution is 6.11. The number of anilines is 2. The van der Waals surface area contributed by atoms with Gasteiger partial charge in [0.1, 0.15) is 12.4 Å². The molecule has 0 aliphatic rings. The molecule has 0 saturated heterocycles. The summed E-state index contributed by atoms with van der Waals surface area (Å²) < 4.78 is 7.56. The van der Waals surface area contributed by atoms with Gasteiger partial charge in [0.25, 0.3) is 11.8 Å². The number of nitrogens with zero attached hydrogens (tertiary/aromatic N) is 2. The normalized spacial score (nSPS) is 11.1. The predicted molar refractivity (Wildman–Crippen MR) is 146 cm³/mol. The van der Waals surface area contributed by atoms with Crippen molar-refractivity contribution in [2.24, 2.45) is 0 Å². The Bertz CT molecular complexity index is 1370. The molecule has 0 bridgehead atoms. The van der Waals surface area contributed by atoms with E-state index >= 15 is 0 Å². The zero-order valence-corrected chi connectivity index (χ0v) is 21.6. The molecule has 7 nitrogen and oxygen atoms in total. The number of aryl methyl sites for hydroxylation is 1. The Balaban J connectivity index is 1.44. The third kappa shape index (κ3) is 6.64. The number of benzene rings is 3. The van der Waals surface area contributed by atoms with E-state index in [-0.39, 0.29) is 17.0 Å². The number of amides is 2. The van der Waals surface area contributed by atoms with Crippen molar-refractivity contribution in [1.82, 2.24) is 9.78 Å². The molecule has 0 saturated carbocycles. The molecule has 0 aliphatic carbocycles. The molecule has 37 heavy (non-hydrogen) atoms. The van der Waals surface area contributed by atoms with Gasteiger partial charge in [-0.05, 0) is 59.9 Å². The van der Waals surface area contributed by atoms with E-state index in [4.69, 9.17) is 4.74 Å².